The van der Waals surface area contributed by atoms with Gasteiger partial charge < -0.3 is 23.7 Å². The van der Waals surface area contributed by atoms with Crippen molar-refractivity contribution < 1.29 is 50.7 Å². The van der Waals surface area contributed by atoms with Gasteiger partial charge in [0, 0.05) is 38.2 Å². The zero-order chi connectivity index (χ0) is 36.8. The fourth-order valence-electron chi connectivity index (χ4n) is 5.78. The Morgan fingerprint density at radius 1 is 0.962 bits per heavy atom. The highest BCUT2D eigenvalue weighted by Crippen LogP contribution is 2.39. The number of carbonyl (C=O) groups excluding carboxylic acids is 1. The number of H-pyrrole nitrogens is 1. The topological polar surface area (TPSA) is 118 Å². The number of halogens is 4. The zero-order valence-electron chi connectivity index (χ0n) is 28.7. The van der Waals surface area contributed by atoms with Gasteiger partial charge in [0.15, 0.2) is 23.9 Å². The minimum Gasteiger partial charge on any atom is -0.491 e. The standard InChI is InChI=1S/C36H41Cl2F2N3O8S/c1-52(45,46)43(11-10-42-12-14-47-15-13-42)30-8-6-26(17-33(30)48-21-23-2-3-23)35(44)50-32(18-27-28(37)19-41-20-29(27)38)25-7-9-31(51-36(39)40)34(16-25)49-22-24-4-5-24/h6-9,16-17,19-20,23-24,32,36H,2-5,10-15,18,21-22H2,1H3/p+1/t32-/m0/s1. The number of rotatable bonds is 18. The SMILES string of the molecule is CS(=O)(=O)N(CCN1CCOCC1)c1ccc(C(=O)O[C@@H](Cc2c(Cl)c[nH+]cc2Cl)c2ccc(OC(F)F)c(OCC3CC3)c2)cc1OCC1CC1. The maximum absolute atomic E-state index is 14.0. The number of morpholine rings is 1. The number of aromatic amines is 1. The molecule has 2 heterocycles. The number of ether oxygens (including phenoxy) is 5. The Balaban J connectivity index is 1.30. The van der Waals surface area contributed by atoms with Gasteiger partial charge in [0.25, 0.3) is 0 Å². The minimum atomic E-state index is -3.73. The van der Waals surface area contributed by atoms with E-state index in [1.807, 2.05) is 0 Å². The van der Waals surface area contributed by atoms with Crippen LogP contribution in [0.25, 0.3) is 0 Å². The molecule has 1 N–H and O–H groups in total. The van der Waals surface area contributed by atoms with Crippen LogP contribution in [0.3, 0.4) is 0 Å². The van der Waals surface area contributed by atoms with E-state index >= 15 is 0 Å². The number of benzene rings is 2. The first-order valence-corrected chi connectivity index (χ1v) is 19.9. The summed E-state index contributed by atoms with van der Waals surface area (Å²) >= 11 is 13.0. The third-order valence-corrected chi connectivity index (χ3v) is 11.0. The van der Waals surface area contributed by atoms with Gasteiger partial charge in [-0.1, -0.05) is 29.3 Å². The van der Waals surface area contributed by atoms with Gasteiger partial charge in [-0.15, -0.1) is 0 Å². The number of hydrogen-bond donors (Lipinski definition) is 0. The fourth-order valence-corrected chi connectivity index (χ4v) is 7.24. The summed E-state index contributed by atoms with van der Waals surface area (Å²) in [4.78, 5) is 19.0. The molecule has 11 nitrogen and oxygen atoms in total. The Kier molecular flexibility index (Phi) is 12.6. The van der Waals surface area contributed by atoms with E-state index in [1.165, 1.54) is 34.6 Å². The van der Waals surface area contributed by atoms with Gasteiger partial charge in [-0.3, -0.25) is 9.21 Å². The highest BCUT2D eigenvalue weighted by Gasteiger charge is 2.29. The lowest BCUT2D eigenvalue weighted by Gasteiger charge is -2.30. The fraction of sp³-hybridized carbons (Fsp3) is 0.500. The van der Waals surface area contributed by atoms with Crippen molar-refractivity contribution in [2.75, 3.05) is 63.2 Å². The van der Waals surface area contributed by atoms with Crippen LogP contribution in [0.15, 0.2) is 48.8 Å². The average molecular weight is 786 g/mol. The second-order valence-corrected chi connectivity index (χ2v) is 16.0. The smallest absolute Gasteiger partial charge is 0.387 e. The number of hydrogen-bond acceptors (Lipinski definition) is 9. The van der Waals surface area contributed by atoms with Crippen LogP contribution in [-0.2, 0) is 25.9 Å². The number of nitrogens with one attached hydrogen (secondary N) is 1. The molecule has 6 rings (SSSR count). The molecule has 1 saturated heterocycles. The van der Waals surface area contributed by atoms with E-state index in [-0.39, 0.29) is 35.8 Å². The summed E-state index contributed by atoms with van der Waals surface area (Å²) in [6.45, 7) is 0.840. The molecule has 1 atom stereocenters. The first-order chi connectivity index (χ1) is 24.9. The molecular formula is C36H42Cl2F2N3O8S+. The Labute approximate surface area is 312 Å². The molecule has 0 radical (unpaired) electrons. The third-order valence-electron chi connectivity index (χ3n) is 9.12. The second kappa shape index (κ2) is 17.1. The molecule has 2 saturated carbocycles. The van der Waals surface area contributed by atoms with Crippen LogP contribution < -0.4 is 23.5 Å². The van der Waals surface area contributed by atoms with E-state index in [0.717, 1.165) is 31.9 Å². The molecule has 3 aromatic rings. The van der Waals surface area contributed by atoms with Crippen LogP contribution in [0.2, 0.25) is 10.0 Å². The quantitative estimate of drug-likeness (QED) is 0.139. The van der Waals surface area contributed by atoms with Crippen LogP contribution in [0.5, 0.6) is 17.2 Å². The van der Waals surface area contributed by atoms with Crippen molar-refractivity contribution in [1.29, 1.82) is 0 Å². The van der Waals surface area contributed by atoms with E-state index in [9.17, 15) is 22.0 Å². The summed E-state index contributed by atoms with van der Waals surface area (Å²) in [6, 6.07) is 8.91. The maximum Gasteiger partial charge on any atom is 0.387 e. The molecule has 1 aliphatic heterocycles. The van der Waals surface area contributed by atoms with Gasteiger partial charge >= 0.3 is 12.6 Å². The second-order valence-electron chi connectivity index (χ2n) is 13.3. The molecule has 0 spiro atoms. The van der Waals surface area contributed by atoms with Gasteiger partial charge in [0.05, 0.1) is 43.9 Å². The molecular weight excluding hydrogens is 743 g/mol. The van der Waals surface area contributed by atoms with Crippen LogP contribution in [0, 0.1) is 11.8 Å². The van der Waals surface area contributed by atoms with Crippen LogP contribution >= 0.6 is 23.2 Å². The largest absolute Gasteiger partial charge is 0.491 e. The lowest BCUT2D eigenvalue weighted by molar-refractivity contribution is -0.377. The molecule has 16 heteroatoms. The van der Waals surface area contributed by atoms with Gasteiger partial charge in [-0.2, -0.15) is 8.78 Å². The predicted molar refractivity (Wildman–Crippen MR) is 190 cm³/mol. The molecule has 282 valence electrons. The van der Waals surface area contributed by atoms with Gasteiger partial charge in [-0.25, -0.2) is 18.2 Å². The number of alkyl halides is 2. The summed E-state index contributed by atoms with van der Waals surface area (Å²) in [5, 5.41) is 0.601. The van der Waals surface area contributed by atoms with Crippen molar-refractivity contribution in [1.82, 2.24) is 4.90 Å². The number of sulfonamides is 1. The number of nitrogens with zero attached hydrogens (tertiary/aromatic N) is 2. The number of anilines is 1. The molecule has 2 aliphatic carbocycles. The Bertz CT molecular complexity index is 1800. The van der Waals surface area contributed by atoms with Crippen molar-refractivity contribution >= 4 is 44.9 Å². The van der Waals surface area contributed by atoms with Crippen LogP contribution in [0.4, 0.5) is 14.5 Å². The molecule has 3 fully saturated rings. The highest BCUT2D eigenvalue weighted by atomic mass is 35.5. The maximum atomic E-state index is 14.0. The molecule has 3 aliphatic rings. The lowest BCUT2D eigenvalue weighted by Crippen LogP contribution is -2.43. The summed E-state index contributed by atoms with van der Waals surface area (Å²) < 4.78 is 82.4. The molecule has 0 bridgehead atoms. The van der Waals surface area contributed by atoms with Gasteiger partial charge in [0.2, 0.25) is 10.0 Å². The molecule has 2 aromatic carbocycles. The Morgan fingerprint density at radius 2 is 1.62 bits per heavy atom. The van der Waals surface area contributed by atoms with Gasteiger partial charge in [0.1, 0.15) is 21.9 Å². The van der Waals surface area contributed by atoms with Gasteiger partial charge in [-0.05, 0) is 73.4 Å². The van der Waals surface area contributed by atoms with E-state index in [4.69, 9.17) is 46.9 Å². The minimum absolute atomic E-state index is 0.0295. The predicted octanol–water partition coefficient (Wildman–Crippen LogP) is 6.23. The van der Waals surface area contributed by atoms with Crippen molar-refractivity contribution in [3.05, 3.63) is 75.5 Å². The molecule has 1 aromatic heterocycles. The summed E-state index contributed by atoms with van der Waals surface area (Å²) in [7, 11) is -3.73. The van der Waals surface area contributed by atoms with Crippen molar-refractivity contribution in [2.24, 2.45) is 11.8 Å². The van der Waals surface area contributed by atoms with Crippen LogP contribution in [0.1, 0.15) is 53.3 Å². The van der Waals surface area contributed by atoms with E-state index in [0.29, 0.717) is 84.8 Å². The molecule has 0 unspecified atom stereocenters. The molecule has 0 amide bonds. The van der Waals surface area contributed by atoms with Crippen molar-refractivity contribution in [3.8, 4) is 17.2 Å². The van der Waals surface area contributed by atoms with Crippen molar-refractivity contribution in [3.63, 3.8) is 0 Å². The first-order valence-electron chi connectivity index (χ1n) is 17.3. The van der Waals surface area contributed by atoms with E-state index < -0.39 is 28.7 Å². The number of aromatic nitrogens is 1. The average Bonchev–Trinajstić information content (AvgIpc) is 4.04. The monoisotopic (exact) mass is 784 g/mol. The Hall–Kier alpha value is -3.43. The van der Waals surface area contributed by atoms with Crippen LogP contribution in [-0.4, -0.2) is 84.8 Å². The Morgan fingerprint density at radius 3 is 2.23 bits per heavy atom. The number of esters is 1. The number of pyridine rings is 1. The number of carbonyl (C=O) groups is 1. The summed E-state index contributed by atoms with van der Waals surface area (Å²) in [5.41, 5.74) is 1.34. The highest BCUT2D eigenvalue weighted by molar-refractivity contribution is 7.92. The third kappa shape index (κ3) is 10.6. The lowest BCUT2D eigenvalue weighted by atomic mass is 10.0. The first kappa shape index (κ1) is 38.3. The molecule has 52 heavy (non-hydrogen) atoms. The normalized spacial score (nSPS) is 17.1. The zero-order valence-corrected chi connectivity index (χ0v) is 31.0. The van der Waals surface area contributed by atoms with E-state index in [1.54, 1.807) is 18.5 Å². The summed E-state index contributed by atoms with van der Waals surface area (Å²) in [5.74, 6) is 0.106. The summed E-state index contributed by atoms with van der Waals surface area (Å²) in [6.07, 6.45) is 7.21. The van der Waals surface area contributed by atoms with Crippen molar-refractivity contribution in [2.45, 2.75) is 44.8 Å². The van der Waals surface area contributed by atoms with E-state index in [2.05, 4.69) is 9.88 Å².